The molecule has 0 aliphatic carbocycles. The summed E-state index contributed by atoms with van der Waals surface area (Å²) in [4.78, 5) is 4.52. The van der Waals surface area contributed by atoms with E-state index in [0.29, 0.717) is 19.3 Å². The number of aromatic nitrogens is 3. The predicted molar refractivity (Wildman–Crippen MR) is 84.9 cm³/mol. The van der Waals surface area contributed by atoms with Gasteiger partial charge in [0.05, 0.1) is 24.6 Å². The van der Waals surface area contributed by atoms with Crippen LogP contribution in [0.3, 0.4) is 0 Å². The van der Waals surface area contributed by atoms with Crippen LogP contribution in [0.2, 0.25) is 0 Å². The third-order valence-electron chi connectivity index (χ3n) is 3.22. The Morgan fingerprint density at radius 2 is 2.14 bits per heavy atom. The lowest BCUT2D eigenvalue weighted by Crippen LogP contribution is -2.07. The van der Waals surface area contributed by atoms with Crippen LogP contribution in [0.4, 0.5) is 0 Å². The lowest BCUT2D eigenvalue weighted by molar-refractivity contribution is 0.124. The second-order valence-corrected chi connectivity index (χ2v) is 5.53. The van der Waals surface area contributed by atoms with Gasteiger partial charge in [-0.2, -0.15) is 5.10 Å². The lowest BCUT2D eigenvalue weighted by atomic mass is 10.1. The van der Waals surface area contributed by atoms with E-state index in [4.69, 9.17) is 4.74 Å². The highest BCUT2D eigenvalue weighted by molar-refractivity contribution is 5.58. The van der Waals surface area contributed by atoms with Crippen molar-refractivity contribution in [3.8, 4) is 11.4 Å². The Balaban J connectivity index is 2.17. The van der Waals surface area contributed by atoms with Gasteiger partial charge in [0.25, 0.3) is 0 Å². The van der Waals surface area contributed by atoms with Gasteiger partial charge in [-0.05, 0) is 39.3 Å². The monoisotopic (exact) mass is 285 g/mol. The van der Waals surface area contributed by atoms with Crippen molar-refractivity contribution in [1.82, 2.24) is 14.8 Å². The Bertz CT molecular complexity index is 602. The number of nitrogens with zero attached hydrogens (tertiary/aromatic N) is 3. The maximum absolute atomic E-state index is 5.74. The number of hydrogen-bond acceptors (Lipinski definition) is 3. The van der Waals surface area contributed by atoms with E-state index in [1.807, 2.05) is 36.1 Å². The fourth-order valence-electron chi connectivity index (χ4n) is 2.13. The largest absolute Gasteiger partial charge is 0.376 e. The molecule has 2 heterocycles. The van der Waals surface area contributed by atoms with Crippen molar-refractivity contribution in [2.45, 2.75) is 39.8 Å². The molecule has 0 atom stereocenters. The average Bonchev–Trinajstić information content (AvgIpc) is 2.93. The van der Waals surface area contributed by atoms with Gasteiger partial charge < -0.3 is 4.74 Å². The predicted octanol–water partition coefficient (Wildman–Crippen LogP) is 4.01. The maximum atomic E-state index is 5.74. The summed E-state index contributed by atoms with van der Waals surface area (Å²) in [6, 6.07) is 6.30. The molecular weight excluding hydrogens is 262 g/mol. The second kappa shape index (κ2) is 7.18. The fourth-order valence-corrected chi connectivity index (χ4v) is 2.13. The summed E-state index contributed by atoms with van der Waals surface area (Å²) in [7, 11) is 0. The number of pyridine rings is 1. The number of hydrogen-bond donors (Lipinski definition) is 0. The van der Waals surface area contributed by atoms with Crippen LogP contribution < -0.4 is 0 Å². The number of rotatable bonds is 7. The van der Waals surface area contributed by atoms with Crippen molar-refractivity contribution in [2.75, 3.05) is 6.61 Å². The van der Waals surface area contributed by atoms with Gasteiger partial charge >= 0.3 is 0 Å². The molecule has 4 heteroatoms. The summed E-state index contributed by atoms with van der Waals surface area (Å²) < 4.78 is 7.72. The van der Waals surface area contributed by atoms with E-state index < -0.39 is 0 Å². The standard InChI is InChI=1S/C17H23N3O/c1-13(2)8-11-21-12-15-6-5-9-18-17(15)16-7-10-19-20(16)14(3)4/h5-7,9-10,14H,1,8,11-12H2,2-4H3. The van der Waals surface area contributed by atoms with Gasteiger partial charge in [-0.3, -0.25) is 9.67 Å². The highest BCUT2D eigenvalue weighted by Gasteiger charge is 2.13. The third-order valence-corrected chi connectivity index (χ3v) is 3.22. The molecule has 4 nitrogen and oxygen atoms in total. The Morgan fingerprint density at radius 1 is 1.33 bits per heavy atom. The lowest BCUT2D eigenvalue weighted by Gasteiger charge is -2.13. The van der Waals surface area contributed by atoms with Crippen LogP contribution in [0.1, 0.15) is 38.8 Å². The number of ether oxygens (including phenoxy) is 1. The van der Waals surface area contributed by atoms with Gasteiger partial charge in [0, 0.05) is 24.0 Å². The highest BCUT2D eigenvalue weighted by Crippen LogP contribution is 2.24. The molecule has 0 aliphatic heterocycles. The minimum absolute atomic E-state index is 0.300. The Morgan fingerprint density at radius 3 is 2.86 bits per heavy atom. The zero-order chi connectivity index (χ0) is 15.2. The first-order valence-corrected chi connectivity index (χ1v) is 7.29. The molecule has 2 aromatic rings. The molecule has 0 fully saturated rings. The molecule has 2 aromatic heterocycles. The molecule has 0 N–H and O–H groups in total. The molecular formula is C17H23N3O. The normalized spacial score (nSPS) is 11.0. The molecule has 0 radical (unpaired) electrons. The van der Waals surface area contributed by atoms with Gasteiger partial charge in [-0.15, -0.1) is 6.58 Å². The Hall–Kier alpha value is -1.94. The minimum Gasteiger partial charge on any atom is -0.376 e. The second-order valence-electron chi connectivity index (χ2n) is 5.53. The van der Waals surface area contributed by atoms with Crippen molar-refractivity contribution in [1.29, 1.82) is 0 Å². The first-order chi connectivity index (χ1) is 10.1. The van der Waals surface area contributed by atoms with Crippen LogP contribution in [0.5, 0.6) is 0 Å². The summed E-state index contributed by atoms with van der Waals surface area (Å²) in [5.41, 5.74) is 4.20. The highest BCUT2D eigenvalue weighted by atomic mass is 16.5. The summed E-state index contributed by atoms with van der Waals surface area (Å²) in [6.07, 6.45) is 4.51. The SMILES string of the molecule is C=C(C)CCOCc1cccnc1-c1ccnn1C(C)C. The molecule has 112 valence electrons. The van der Waals surface area contributed by atoms with Crippen LogP contribution in [-0.2, 0) is 11.3 Å². The van der Waals surface area contributed by atoms with Gasteiger partial charge in [0.15, 0.2) is 0 Å². The van der Waals surface area contributed by atoms with Gasteiger partial charge in [-0.1, -0.05) is 11.6 Å². The zero-order valence-electron chi connectivity index (χ0n) is 13.0. The summed E-state index contributed by atoms with van der Waals surface area (Å²) >= 11 is 0. The van der Waals surface area contributed by atoms with Crippen LogP contribution in [0.15, 0.2) is 42.7 Å². The summed E-state index contributed by atoms with van der Waals surface area (Å²) in [6.45, 7) is 11.4. The van der Waals surface area contributed by atoms with E-state index >= 15 is 0 Å². The van der Waals surface area contributed by atoms with E-state index in [2.05, 4.69) is 36.6 Å². The molecule has 0 aromatic carbocycles. The quantitative estimate of drug-likeness (QED) is 0.570. The minimum atomic E-state index is 0.300. The van der Waals surface area contributed by atoms with Gasteiger partial charge in [-0.25, -0.2) is 0 Å². The van der Waals surface area contributed by atoms with Crippen molar-refractivity contribution < 1.29 is 4.74 Å². The molecule has 0 amide bonds. The molecule has 0 saturated heterocycles. The molecule has 0 aliphatic rings. The van der Waals surface area contributed by atoms with Crippen molar-refractivity contribution in [2.24, 2.45) is 0 Å². The summed E-state index contributed by atoms with van der Waals surface area (Å²) in [5.74, 6) is 0. The topological polar surface area (TPSA) is 39.9 Å². The Kier molecular flexibility index (Phi) is 5.28. The van der Waals surface area contributed by atoms with Crippen molar-refractivity contribution in [3.05, 3.63) is 48.3 Å². The van der Waals surface area contributed by atoms with Crippen molar-refractivity contribution >= 4 is 0 Å². The van der Waals surface area contributed by atoms with E-state index in [1.165, 1.54) is 0 Å². The molecule has 2 rings (SSSR count). The fraction of sp³-hybridized carbons (Fsp3) is 0.412. The van der Waals surface area contributed by atoms with Crippen LogP contribution in [0, 0.1) is 0 Å². The smallest absolute Gasteiger partial charge is 0.0938 e. The van der Waals surface area contributed by atoms with E-state index in [-0.39, 0.29) is 0 Å². The zero-order valence-corrected chi connectivity index (χ0v) is 13.0. The average molecular weight is 285 g/mol. The third kappa shape index (κ3) is 4.02. The molecule has 21 heavy (non-hydrogen) atoms. The molecule has 0 unspecified atom stereocenters. The van der Waals surface area contributed by atoms with Crippen LogP contribution in [0.25, 0.3) is 11.4 Å². The van der Waals surface area contributed by atoms with E-state index in [1.54, 1.807) is 0 Å². The molecule has 0 saturated carbocycles. The van der Waals surface area contributed by atoms with Crippen LogP contribution in [-0.4, -0.2) is 21.4 Å². The van der Waals surface area contributed by atoms with E-state index in [9.17, 15) is 0 Å². The van der Waals surface area contributed by atoms with Crippen LogP contribution >= 0.6 is 0 Å². The first-order valence-electron chi connectivity index (χ1n) is 7.29. The summed E-state index contributed by atoms with van der Waals surface area (Å²) in [5, 5.41) is 4.38. The van der Waals surface area contributed by atoms with Gasteiger partial charge in [0.2, 0.25) is 0 Å². The Labute approximate surface area is 126 Å². The van der Waals surface area contributed by atoms with Crippen molar-refractivity contribution in [3.63, 3.8) is 0 Å². The maximum Gasteiger partial charge on any atom is 0.0938 e. The first kappa shape index (κ1) is 15.4. The molecule has 0 bridgehead atoms. The molecule has 0 spiro atoms. The van der Waals surface area contributed by atoms with Gasteiger partial charge in [0.1, 0.15) is 0 Å². The van der Waals surface area contributed by atoms with E-state index in [0.717, 1.165) is 28.9 Å².